The van der Waals surface area contributed by atoms with E-state index in [4.69, 9.17) is 4.42 Å². The summed E-state index contributed by atoms with van der Waals surface area (Å²) in [6, 6.07) is 7.10. The number of hydrogen-bond donors (Lipinski definition) is 1. The maximum absolute atomic E-state index is 12.5. The number of carbonyl (C=O) groups excluding carboxylic acids is 2. The molecular weight excluding hydrogens is 360 g/mol. The molecule has 0 spiro atoms. The number of nitrogens with zero attached hydrogens (tertiary/aromatic N) is 5. The predicted octanol–water partition coefficient (Wildman–Crippen LogP) is 1.76. The number of benzene rings is 1. The maximum atomic E-state index is 12.5. The second-order valence-corrected chi connectivity index (χ2v) is 7.05. The van der Waals surface area contributed by atoms with Gasteiger partial charge in [-0.15, -0.1) is 0 Å². The molecule has 0 saturated carbocycles. The molecule has 0 aliphatic carbocycles. The predicted molar refractivity (Wildman–Crippen MR) is 102 cm³/mol. The number of amides is 3. The highest BCUT2D eigenvalue weighted by atomic mass is 16.3. The molecule has 0 unspecified atom stereocenters. The van der Waals surface area contributed by atoms with Crippen molar-refractivity contribution in [1.29, 1.82) is 0 Å². The van der Waals surface area contributed by atoms with E-state index in [0.717, 1.165) is 16.9 Å². The normalized spacial score (nSPS) is 13.5. The molecule has 9 nitrogen and oxygen atoms in total. The summed E-state index contributed by atoms with van der Waals surface area (Å²) >= 11 is 0. The van der Waals surface area contributed by atoms with E-state index in [1.807, 2.05) is 10.7 Å². The Bertz CT molecular complexity index is 1050. The molecule has 2 aromatic heterocycles. The van der Waals surface area contributed by atoms with Gasteiger partial charge in [-0.25, -0.2) is 9.78 Å². The Balaban J connectivity index is 1.41. The van der Waals surface area contributed by atoms with Gasteiger partial charge < -0.3 is 19.5 Å². The zero-order valence-corrected chi connectivity index (χ0v) is 16.1. The number of nitrogens with one attached hydrogen (secondary N) is 1. The van der Waals surface area contributed by atoms with Crippen LogP contribution in [-0.2, 0) is 19.6 Å². The molecule has 1 aliphatic rings. The lowest BCUT2D eigenvalue weighted by Gasteiger charge is -2.29. The molecule has 0 atom stereocenters. The van der Waals surface area contributed by atoms with Crippen LogP contribution in [0.5, 0.6) is 0 Å². The fourth-order valence-electron chi connectivity index (χ4n) is 3.31. The first kappa shape index (κ1) is 18.0. The fraction of sp³-hybridized carbons (Fsp3) is 0.368. The van der Waals surface area contributed by atoms with Crippen molar-refractivity contribution in [2.24, 2.45) is 0 Å². The van der Waals surface area contributed by atoms with Gasteiger partial charge in [0.1, 0.15) is 5.52 Å². The Morgan fingerprint density at radius 3 is 2.86 bits per heavy atom. The molecule has 9 heteroatoms. The van der Waals surface area contributed by atoms with Crippen molar-refractivity contribution in [3.8, 4) is 0 Å². The van der Waals surface area contributed by atoms with Crippen molar-refractivity contribution >= 4 is 23.0 Å². The number of aryl methyl sites for hydroxylation is 1. The third-order valence-electron chi connectivity index (χ3n) is 4.69. The van der Waals surface area contributed by atoms with E-state index in [2.05, 4.69) is 15.4 Å². The minimum atomic E-state index is -0.202. The summed E-state index contributed by atoms with van der Waals surface area (Å²) in [6.45, 7) is 3.86. The summed E-state index contributed by atoms with van der Waals surface area (Å²) < 4.78 is 7.37. The van der Waals surface area contributed by atoms with E-state index in [9.17, 15) is 9.59 Å². The van der Waals surface area contributed by atoms with Crippen LogP contribution >= 0.6 is 0 Å². The molecule has 0 saturated heterocycles. The van der Waals surface area contributed by atoms with Crippen LogP contribution in [0.25, 0.3) is 11.1 Å². The molecule has 1 aliphatic heterocycles. The van der Waals surface area contributed by atoms with E-state index in [1.165, 1.54) is 0 Å². The van der Waals surface area contributed by atoms with Gasteiger partial charge in [0.25, 0.3) is 5.91 Å². The summed E-state index contributed by atoms with van der Waals surface area (Å²) in [5, 5.41) is 7.41. The number of urea groups is 1. The van der Waals surface area contributed by atoms with Gasteiger partial charge in [-0.1, -0.05) is 0 Å². The van der Waals surface area contributed by atoms with E-state index in [1.54, 1.807) is 49.0 Å². The van der Waals surface area contributed by atoms with Crippen LogP contribution in [-0.4, -0.2) is 57.1 Å². The number of rotatable bonds is 3. The molecule has 4 rings (SSSR count). The summed E-state index contributed by atoms with van der Waals surface area (Å²) in [6.07, 6.45) is 0. The average Bonchev–Trinajstić information content (AvgIpc) is 3.25. The first-order valence-electron chi connectivity index (χ1n) is 9.08. The van der Waals surface area contributed by atoms with Crippen molar-refractivity contribution in [3.05, 3.63) is 47.1 Å². The van der Waals surface area contributed by atoms with Gasteiger partial charge in [0.05, 0.1) is 31.0 Å². The van der Waals surface area contributed by atoms with Crippen LogP contribution in [0.3, 0.4) is 0 Å². The van der Waals surface area contributed by atoms with Crippen molar-refractivity contribution in [3.63, 3.8) is 0 Å². The number of aromatic nitrogens is 3. The monoisotopic (exact) mass is 382 g/mol. The van der Waals surface area contributed by atoms with E-state index in [-0.39, 0.29) is 11.9 Å². The SMILES string of the molecule is Cc1nc2ccc(C(=O)NCc3cc4n(n3)CCN(C(=O)N(C)C)C4)cc2o1. The average molecular weight is 382 g/mol. The highest BCUT2D eigenvalue weighted by molar-refractivity contribution is 5.96. The van der Waals surface area contributed by atoms with Crippen LogP contribution in [0.2, 0.25) is 0 Å². The van der Waals surface area contributed by atoms with Gasteiger partial charge in [0, 0.05) is 33.1 Å². The molecule has 28 heavy (non-hydrogen) atoms. The summed E-state index contributed by atoms with van der Waals surface area (Å²) in [4.78, 5) is 32.2. The molecule has 1 N–H and O–H groups in total. The number of carbonyl (C=O) groups is 2. The summed E-state index contributed by atoms with van der Waals surface area (Å²) in [5.41, 5.74) is 3.56. The molecule has 0 bridgehead atoms. The lowest BCUT2D eigenvalue weighted by Crippen LogP contribution is -2.43. The van der Waals surface area contributed by atoms with Crippen molar-refractivity contribution in [2.75, 3.05) is 20.6 Å². The van der Waals surface area contributed by atoms with E-state index >= 15 is 0 Å². The van der Waals surface area contributed by atoms with Gasteiger partial charge in [-0.3, -0.25) is 9.48 Å². The molecule has 1 aromatic carbocycles. The molecule has 3 aromatic rings. The largest absolute Gasteiger partial charge is 0.441 e. The van der Waals surface area contributed by atoms with Crippen molar-refractivity contribution in [2.45, 2.75) is 26.6 Å². The first-order valence-corrected chi connectivity index (χ1v) is 9.08. The third kappa shape index (κ3) is 3.42. The molecule has 3 amide bonds. The zero-order chi connectivity index (χ0) is 19.8. The Kier molecular flexibility index (Phi) is 4.50. The number of fused-ring (bicyclic) bond motifs is 2. The van der Waals surface area contributed by atoms with Crippen LogP contribution < -0.4 is 5.32 Å². The third-order valence-corrected chi connectivity index (χ3v) is 4.69. The Morgan fingerprint density at radius 1 is 1.25 bits per heavy atom. The van der Waals surface area contributed by atoms with Crippen LogP contribution in [0.4, 0.5) is 4.79 Å². The van der Waals surface area contributed by atoms with Crippen LogP contribution in [0, 0.1) is 6.92 Å². The first-order chi connectivity index (χ1) is 13.4. The second-order valence-electron chi connectivity index (χ2n) is 7.05. The van der Waals surface area contributed by atoms with Crippen LogP contribution in [0.15, 0.2) is 28.7 Å². The zero-order valence-electron chi connectivity index (χ0n) is 16.1. The molecule has 3 heterocycles. The maximum Gasteiger partial charge on any atom is 0.319 e. The quantitative estimate of drug-likeness (QED) is 0.745. The van der Waals surface area contributed by atoms with Crippen LogP contribution in [0.1, 0.15) is 27.6 Å². The van der Waals surface area contributed by atoms with Gasteiger partial charge in [0.15, 0.2) is 11.5 Å². The molecular formula is C19H22N6O3. The second kappa shape index (κ2) is 6.99. The topological polar surface area (TPSA) is 96.5 Å². The fourth-order valence-corrected chi connectivity index (χ4v) is 3.31. The number of hydrogen-bond acceptors (Lipinski definition) is 5. The minimum Gasteiger partial charge on any atom is -0.441 e. The van der Waals surface area contributed by atoms with Crippen molar-refractivity contribution < 1.29 is 14.0 Å². The smallest absolute Gasteiger partial charge is 0.319 e. The van der Waals surface area contributed by atoms with Gasteiger partial charge in [-0.05, 0) is 24.3 Å². The van der Waals surface area contributed by atoms with E-state index < -0.39 is 0 Å². The van der Waals surface area contributed by atoms with Gasteiger partial charge >= 0.3 is 6.03 Å². The van der Waals surface area contributed by atoms with Crippen molar-refractivity contribution in [1.82, 2.24) is 29.9 Å². The van der Waals surface area contributed by atoms with Gasteiger partial charge in [-0.2, -0.15) is 5.10 Å². The highest BCUT2D eigenvalue weighted by Gasteiger charge is 2.23. The standard InChI is InChI=1S/C19H22N6O3/c1-12-21-16-5-4-13(8-17(16)28-12)18(26)20-10-14-9-15-11-24(19(27)23(2)3)6-7-25(15)22-14/h4-5,8-9H,6-7,10-11H2,1-3H3,(H,20,26). The minimum absolute atomic E-state index is 0.0136. The lowest BCUT2D eigenvalue weighted by atomic mass is 10.2. The van der Waals surface area contributed by atoms with Gasteiger partial charge in [0.2, 0.25) is 0 Å². The molecule has 0 fully saturated rings. The highest BCUT2D eigenvalue weighted by Crippen LogP contribution is 2.18. The summed E-state index contributed by atoms with van der Waals surface area (Å²) in [7, 11) is 3.49. The Morgan fingerprint density at radius 2 is 2.07 bits per heavy atom. The Labute approximate surface area is 161 Å². The molecule has 146 valence electrons. The molecule has 0 radical (unpaired) electrons. The number of oxazole rings is 1. The lowest BCUT2D eigenvalue weighted by molar-refractivity contribution is 0.0950. The van der Waals surface area contributed by atoms with E-state index in [0.29, 0.717) is 43.2 Å². The summed E-state index contributed by atoms with van der Waals surface area (Å²) in [5.74, 6) is 0.365. The Hall–Kier alpha value is -3.36.